The maximum Gasteiger partial charge on any atom is 0.259 e. The van der Waals surface area contributed by atoms with E-state index in [0.717, 1.165) is 0 Å². The first kappa shape index (κ1) is 16.5. The minimum atomic E-state index is -1.19. The predicted octanol–water partition coefficient (Wildman–Crippen LogP) is 0.581. The molecule has 1 atom stereocenters. The third-order valence-corrected chi connectivity index (χ3v) is 4.95. The molecule has 0 spiro atoms. The van der Waals surface area contributed by atoms with E-state index in [0.29, 0.717) is 21.6 Å². The van der Waals surface area contributed by atoms with Crippen LogP contribution >= 0.6 is 0 Å². The average molecular weight is 346 g/mol. The molecule has 1 aromatic heterocycles. The highest BCUT2D eigenvalue weighted by atomic mass is 32.2. The molecule has 7 nitrogen and oxygen atoms in total. The highest BCUT2D eigenvalue weighted by Crippen LogP contribution is 2.26. The molecule has 0 amide bonds. The van der Waals surface area contributed by atoms with Gasteiger partial charge in [0.05, 0.1) is 17.4 Å². The van der Waals surface area contributed by atoms with Crippen molar-refractivity contribution in [2.24, 2.45) is 5.73 Å². The Morgan fingerprint density at radius 2 is 2.08 bits per heavy atom. The van der Waals surface area contributed by atoms with Crippen LogP contribution in [0.15, 0.2) is 33.7 Å². The molecule has 1 aliphatic rings. The monoisotopic (exact) mass is 346 g/mol. The van der Waals surface area contributed by atoms with Gasteiger partial charge in [-0.25, -0.2) is 4.98 Å². The number of hydrogen-bond acceptors (Lipinski definition) is 6. The Labute approximate surface area is 141 Å². The van der Waals surface area contributed by atoms with Crippen LogP contribution in [-0.2, 0) is 16.0 Å². The summed E-state index contributed by atoms with van der Waals surface area (Å²) in [6.07, 6.45) is 1.55. The lowest BCUT2D eigenvalue weighted by Gasteiger charge is -2.22. The van der Waals surface area contributed by atoms with Crippen LogP contribution in [-0.4, -0.2) is 44.0 Å². The van der Waals surface area contributed by atoms with Gasteiger partial charge in [0.25, 0.3) is 5.56 Å². The SMILES string of the molecule is CC(C)N1CC(=O)C(c2nc3cc([S+](C)[O-])ccc3c(=O)[nH]2)=C1N. The second-order valence-electron chi connectivity index (χ2n) is 5.95. The predicted molar refractivity (Wildman–Crippen MR) is 92.7 cm³/mol. The number of nitrogens with one attached hydrogen (secondary N) is 1. The molecule has 0 saturated heterocycles. The number of carbonyl (C=O) groups excluding carboxylic acids is 1. The fourth-order valence-corrected chi connectivity index (χ4v) is 3.27. The Bertz CT molecular complexity index is 917. The lowest BCUT2D eigenvalue weighted by Crippen LogP contribution is -2.32. The molecule has 2 heterocycles. The number of benzene rings is 1. The van der Waals surface area contributed by atoms with Gasteiger partial charge in [-0.15, -0.1) is 0 Å². The van der Waals surface area contributed by atoms with Crippen molar-refractivity contribution in [1.29, 1.82) is 0 Å². The van der Waals surface area contributed by atoms with Crippen LogP contribution in [0.2, 0.25) is 0 Å². The van der Waals surface area contributed by atoms with Crippen molar-refractivity contribution in [2.45, 2.75) is 24.8 Å². The first-order chi connectivity index (χ1) is 11.3. The number of carbonyl (C=O) groups is 1. The standard InChI is InChI=1S/C16H18N4O3S/c1-8(2)20-7-12(21)13(14(20)17)15-18-11-6-9(24(3)23)4-5-10(11)16(22)19-15/h4-6,8H,7,17H2,1-3H3,(H,18,19,22). The molecule has 1 unspecified atom stereocenters. The smallest absolute Gasteiger partial charge is 0.259 e. The number of aromatic amines is 1. The van der Waals surface area contributed by atoms with E-state index in [9.17, 15) is 14.1 Å². The number of ketones is 1. The van der Waals surface area contributed by atoms with Gasteiger partial charge in [-0.1, -0.05) is 0 Å². The van der Waals surface area contributed by atoms with Gasteiger partial charge in [-0.05, 0) is 37.2 Å². The molecule has 126 valence electrons. The summed E-state index contributed by atoms with van der Waals surface area (Å²) in [5, 5.41) is 0.373. The normalized spacial score (nSPS) is 16.5. The van der Waals surface area contributed by atoms with E-state index >= 15 is 0 Å². The van der Waals surface area contributed by atoms with Crippen molar-refractivity contribution in [2.75, 3.05) is 12.8 Å². The van der Waals surface area contributed by atoms with Gasteiger partial charge in [0.2, 0.25) is 0 Å². The van der Waals surface area contributed by atoms with Gasteiger partial charge in [-0.2, -0.15) is 0 Å². The van der Waals surface area contributed by atoms with Crippen LogP contribution in [0, 0.1) is 0 Å². The number of fused-ring (bicyclic) bond motifs is 1. The van der Waals surface area contributed by atoms with Crippen LogP contribution in [0.25, 0.3) is 16.5 Å². The van der Waals surface area contributed by atoms with Crippen LogP contribution in [0.5, 0.6) is 0 Å². The topological polar surface area (TPSA) is 115 Å². The Morgan fingerprint density at radius 1 is 1.38 bits per heavy atom. The van der Waals surface area contributed by atoms with Gasteiger partial charge in [0, 0.05) is 12.1 Å². The molecule has 2 aromatic rings. The van der Waals surface area contributed by atoms with Gasteiger partial charge < -0.3 is 20.2 Å². The van der Waals surface area contributed by atoms with E-state index in [4.69, 9.17) is 5.73 Å². The molecular formula is C16H18N4O3S. The number of Topliss-reactive ketones (excluding diaryl/α,β-unsaturated/α-hetero) is 1. The van der Waals surface area contributed by atoms with E-state index < -0.39 is 11.2 Å². The van der Waals surface area contributed by atoms with Crippen molar-refractivity contribution in [3.05, 3.63) is 40.2 Å². The Balaban J connectivity index is 2.20. The fraction of sp³-hybridized carbons (Fsp3) is 0.312. The highest BCUT2D eigenvalue weighted by Gasteiger charge is 2.32. The van der Waals surface area contributed by atoms with Gasteiger partial charge >= 0.3 is 0 Å². The Morgan fingerprint density at radius 3 is 2.67 bits per heavy atom. The molecule has 3 N–H and O–H groups in total. The largest absolute Gasteiger partial charge is 0.612 e. The molecule has 0 bridgehead atoms. The van der Waals surface area contributed by atoms with E-state index in [1.54, 1.807) is 29.4 Å². The van der Waals surface area contributed by atoms with Crippen LogP contribution in [0.3, 0.4) is 0 Å². The Hall–Kier alpha value is -2.32. The van der Waals surface area contributed by atoms with Crippen molar-refractivity contribution in [1.82, 2.24) is 14.9 Å². The van der Waals surface area contributed by atoms with E-state index in [1.165, 1.54) is 0 Å². The second-order valence-corrected chi connectivity index (χ2v) is 7.33. The number of H-pyrrole nitrogens is 1. The van der Waals surface area contributed by atoms with Crippen molar-refractivity contribution in [3.8, 4) is 0 Å². The molecule has 1 aliphatic heterocycles. The molecule has 1 aromatic carbocycles. The number of rotatable bonds is 3. The zero-order valence-electron chi connectivity index (χ0n) is 13.6. The quantitative estimate of drug-likeness (QED) is 0.786. The second kappa shape index (κ2) is 5.95. The number of hydrogen-bond donors (Lipinski definition) is 2. The minimum absolute atomic E-state index is 0.0627. The van der Waals surface area contributed by atoms with Gasteiger partial charge in [0.1, 0.15) is 23.5 Å². The van der Waals surface area contributed by atoms with E-state index in [2.05, 4.69) is 9.97 Å². The van der Waals surface area contributed by atoms with Crippen LogP contribution in [0.1, 0.15) is 19.7 Å². The van der Waals surface area contributed by atoms with Crippen LogP contribution in [0.4, 0.5) is 0 Å². The van der Waals surface area contributed by atoms with Crippen molar-refractivity contribution >= 4 is 33.4 Å². The molecule has 0 saturated carbocycles. The third kappa shape index (κ3) is 2.67. The fourth-order valence-electron chi connectivity index (χ4n) is 2.74. The van der Waals surface area contributed by atoms with Gasteiger partial charge in [-0.3, -0.25) is 9.59 Å². The molecule has 0 aliphatic carbocycles. The summed E-state index contributed by atoms with van der Waals surface area (Å²) in [6, 6.07) is 4.87. The summed E-state index contributed by atoms with van der Waals surface area (Å²) in [7, 11) is 0. The van der Waals surface area contributed by atoms with Crippen molar-refractivity contribution < 1.29 is 9.35 Å². The molecule has 0 radical (unpaired) electrons. The maximum atomic E-state index is 12.3. The Kier molecular flexibility index (Phi) is 4.10. The van der Waals surface area contributed by atoms with Gasteiger partial charge in [0.15, 0.2) is 10.7 Å². The first-order valence-electron chi connectivity index (χ1n) is 7.47. The minimum Gasteiger partial charge on any atom is -0.612 e. The number of nitrogens with two attached hydrogens (primary N) is 1. The number of nitrogens with zero attached hydrogens (tertiary/aromatic N) is 2. The molecule has 24 heavy (non-hydrogen) atoms. The first-order valence-corrected chi connectivity index (χ1v) is 9.03. The summed E-state index contributed by atoms with van der Waals surface area (Å²) in [4.78, 5) is 34.0. The number of aromatic nitrogens is 2. The van der Waals surface area contributed by atoms with E-state index in [-0.39, 0.29) is 35.3 Å². The molecule has 8 heteroatoms. The molecule has 3 rings (SSSR count). The molecular weight excluding hydrogens is 328 g/mol. The zero-order chi connectivity index (χ0) is 17.6. The summed E-state index contributed by atoms with van der Waals surface area (Å²) in [5.74, 6) is 0.281. The summed E-state index contributed by atoms with van der Waals surface area (Å²) < 4.78 is 11.6. The van der Waals surface area contributed by atoms with Crippen LogP contribution < -0.4 is 11.3 Å². The van der Waals surface area contributed by atoms with Crippen molar-refractivity contribution in [3.63, 3.8) is 0 Å². The maximum absolute atomic E-state index is 12.3. The van der Waals surface area contributed by atoms with E-state index in [1.807, 2.05) is 13.8 Å². The summed E-state index contributed by atoms with van der Waals surface area (Å²) >= 11 is -1.19. The lowest BCUT2D eigenvalue weighted by atomic mass is 10.1. The highest BCUT2D eigenvalue weighted by molar-refractivity contribution is 7.90. The molecule has 0 fully saturated rings. The lowest BCUT2D eigenvalue weighted by molar-refractivity contribution is -0.113. The summed E-state index contributed by atoms with van der Waals surface area (Å²) in [6.45, 7) is 4.03. The zero-order valence-corrected chi connectivity index (χ0v) is 14.4. The summed E-state index contributed by atoms with van der Waals surface area (Å²) in [5.41, 5.74) is 6.35. The third-order valence-electron chi connectivity index (χ3n) is 4.03. The average Bonchev–Trinajstić information content (AvgIpc) is 2.81.